The number of aryl methyl sites for hydroxylation is 1. The minimum absolute atomic E-state index is 0.681. The Kier molecular flexibility index (Phi) is 3.02. The van der Waals surface area contributed by atoms with Crippen molar-refractivity contribution in [2.24, 2.45) is 0 Å². The first kappa shape index (κ1) is 9.91. The Morgan fingerprint density at radius 2 is 2.21 bits per heavy atom. The Morgan fingerprint density at radius 1 is 1.36 bits per heavy atom. The molecule has 2 heteroatoms. The third-order valence-electron chi connectivity index (χ3n) is 2.89. The average molecular weight is 207 g/mol. The zero-order chi connectivity index (χ0) is 9.97. The number of hydrogen-bond acceptors (Lipinski definition) is 2. The van der Waals surface area contributed by atoms with Gasteiger partial charge < -0.3 is 5.32 Å². The van der Waals surface area contributed by atoms with Crippen molar-refractivity contribution in [2.45, 2.75) is 26.3 Å². The minimum atomic E-state index is 0.681. The second-order valence-corrected chi connectivity index (χ2v) is 5.10. The number of nitrogens with one attached hydrogen (secondary N) is 1. The maximum atomic E-state index is 3.63. The third kappa shape index (κ3) is 2.06. The van der Waals surface area contributed by atoms with Gasteiger partial charge >= 0.3 is 0 Å². The van der Waals surface area contributed by atoms with Crippen LogP contribution in [0.3, 0.4) is 0 Å². The van der Waals surface area contributed by atoms with Crippen LogP contribution in [0.25, 0.3) is 0 Å². The van der Waals surface area contributed by atoms with Gasteiger partial charge in [-0.1, -0.05) is 12.1 Å². The molecule has 0 bridgehead atoms. The quantitative estimate of drug-likeness (QED) is 0.799. The lowest BCUT2D eigenvalue weighted by atomic mass is 10.1. The van der Waals surface area contributed by atoms with Crippen LogP contribution in [0.5, 0.6) is 0 Å². The number of rotatable bonds is 2. The molecule has 1 fully saturated rings. The molecule has 76 valence electrons. The first-order valence-electron chi connectivity index (χ1n) is 5.18. The van der Waals surface area contributed by atoms with Crippen LogP contribution < -0.4 is 5.32 Å². The molecule has 1 aliphatic rings. The monoisotopic (exact) mass is 207 g/mol. The predicted molar refractivity (Wildman–Crippen MR) is 65.3 cm³/mol. The van der Waals surface area contributed by atoms with Crippen LogP contribution in [-0.4, -0.2) is 17.5 Å². The third-order valence-corrected chi connectivity index (χ3v) is 4.06. The maximum absolute atomic E-state index is 3.63. The van der Waals surface area contributed by atoms with E-state index in [1.807, 2.05) is 11.8 Å². The predicted octanol–water partition coefficient (Wildman–Crippen LogP) is 3.22. The first-order valence-corrected chi connectivity index (χ1v) is 6.33. The lowest BCUT2D eigenvalue weighted by Crippen LogP contribution is -2.18. The van der Waals surface area contributed by atoms with Crippen molar-refractivity contribution in [3.05, 3.63) is 29.3 Å². The second-order valence-electron chi connectivity index (χ2n) is 3.95. The van der Waals surface area contributed by atoms with Gasteiger partial charge in [-0.2, -0.15) is 11.8 Å². The van der Waals surface area contributed by atoms with Gasteiger partial charge in [0, 0.05) is 17.5 Å². The lowest BCUT2D eigenvalue weighted by molar-refractivity contribution is 0.811. The van der Waals surface area contributed by atoms with Crippen molar-refractivity contribution < 1.29 is 0 Å². The van der Waals surface area contributed by atoms with Gasteiger partial charge in [-0.3, -0.25) is 0 Å². The van der Waals surface area contributed by atoms with E-state index >= 15 is 0 Å². The Balaban J connectivity index is 2.11. The number of hydrogen-bond donors (Lipinski definition) is 1. The largest absolute Gasteiger partial charge is 0.381 e. The van der Waals surface area contributed by atoms with Crippen LogP contribution in [0.15, 0.2) is 18.2 Å². The molecule has 1 unspecified atom stereocenters. The minimum Gasteiger partial charge on any atom is -0.381 e. The summed E-state index contributed by atoms with van der Waals surface area (Å²) in [7, 11) is 0. The highest BCUT2D eigenvalue weighted by Gasteiger charge is 2.15. The van der Waals surface area contributed by atoms with Crippen LogP contribution >= 0.6 is 11.8 Å². The van der Waals surface area contributed by atoms with E-state index in [2.05, 4.69) is 37.4 Å². The van der Waals surface area contributed by atoms with Crippen molar-refractivity contribution >= 4 is 17.4 Å². The van der Waals surface area contributed by atoms with E-state index in [4.69, 9.17) is 0 Å². The van der Waals surface area contributed by atoms with Crippen LogP contribution in [0.1, 0.15) is 17.5 Å². The Hall–Kier alpha value is -0.630. The Bertz CT molecular complexity index is 316. The van der Waals surface area contributed by atoms with Gasteiger partial charge in [0.1, 0.15) is 0 Å². The van der Waals surface area contributed by atoms with Crippen molar-refractivity contribution in [3.8, 4) is 0 Å². The van der Waals surface area contributed by atoms with E-state index in [0.717, 1.165) is 0 Å². The van der Waals surface area contributed by atoms with E-state index in [0.29, 0.717) is 6.04 Å². The number of thioether (sulfide) groups is 1. The molecule has 1 nitrogen and oxygen atoms in total. The second kappa shape index (κ2) is 4.26. The highest BCUT2D eigenvalue weighted by atomic mass is 32.2. The number of benzene rings is 1. The summed E-state index contributed by atoms with van der Waals surface area (Å²) in [5.41, 5.74) is 4.09. The summed E-state index contributed by atoms with van der Waals surface area (Å²) < 4.78 is 0. The van der Waals surface area contributed by atoms with Gasteiger partial charge in [0.2, 0.25) is 0 Å². The highest BCUT2D eigenvalue weighted by molar-refractivity contribution is 7.99. The molecule has 14 heavy (non-hydrogen) atoms. The molecule has 0 saturated carbocycles. The van der Waals surface area contributed by atoms with Crippen LogP contribution in [0, 0.1) is 13.8 Å². The summed E-state index contributed by atoms with van der Waals surface area (Å²) in [5, 5.41) is 3.63. The van der Waals surface area contributed by atoms with Crippen LogP contribution in [0.4, 0.5) is 5.69 Å². The van der Waals surface area contributed by atoms with Gasteiger partial charge in [-0.05, 0) is 43.2 Å². The van der Waals surface area contributed by atoms with Gasteiger partial charge in [-0.25, -0.2) is 0 Å². The number of anilines is 1. The summed E-state index contributed by atoms with van der Waals surface area (Å²) >= 11 is 2.05. The van der Waals surface area contributed by atoms with Crippen molar-refractivity contribution in [1.29, 1.82) is 0 Å². The molecule has 0 spiro atoms. The molecular weight excluding hydrogens is 190 g/mol. The maximum Gasteiger partial charge on any atom is 0.0374 e. The molecule has 1 aromatic carbocycles. The molecule has 0 aromatic heterocycles. The molecule has 1 heterocycles. The van der Waals surface area contributed by atoms with E-state index in [1.54, 1.807) is 0 Å². The van der Waals surface area contributed by atoms with Crippen molar-refractivity contribution in [1.82, 2.24) is 0 Å². The van der Waals surface area contributed by atoms with Crippen molar-refractivity contribution in [3.63, 3.8) is 0 Å². The normalized spacial score (nSPS) is 21.1. The molecule has 1 N–H and O–H groups in total. The first-order chi connectivity index (χ1) is 6.77. The summed E-state index contributed by atoms with van der Waals surface area (Å²) in [5.74, 6) is 2.57. The molecule has 0 aliphatic carbocycles. The van der Waals surface area contributed by atoms with Crippen LogP contribution in [0.2, 0.25) is 0 Å². The summed E-state index contributed by atoms with van der Waals surface area (Å²) in [6.07, 6.45) is 1.30. The van der Waals surface area contributed by atoms with Gasteiger partial charge in [0.05, 0.1) is 0 Å². The van der Waals surface area contributed by atoms with E-state index in [-0.39, 0.29) is 0 Å². The van der Waals surface area contributed by atoms with Gasteiger partial charge in [0.25, 0.3) is 0 Å². The topological polar surface area (TPSA) is 12.0 Å². The van der Waals surface area contributed by atoms with E-state index < -0.39 is 0 Å². The average Bonchev–Trinajstić information content (AvgIpc) is 2.66. The Labute approximate surface area is 90.3 Å². The molecule has 1 saturated heterocycles. The zero-order valence-corrected chi connectivity index (χ0v) is 9.66. The smallest absolute Gasteiger partial charge is 0.0374 e. The molecule has 2 rings (SSSR count). The molecule has 1 aliphatic heterocycles. The fraction of sp³-hybridized carbons (Fsp3) is 0.500. The zero-order valence-electron chi connectivity index (χ0n) is 8.84. The molecular formula is C12H17NS. The fourth-order valence-electron chi connectivity index (χ4n) is 1.78. The van der Waals surface area contributed by atoms with Gasteiger partial charge in [-0.15, -0.1) is 0 Å². The fourth-order valence-corrected chi connectivity index (χ4v) is 2.93. The van der Waals surface area contributed by atoms with E-state index in [9.17, 15) is 0 Å². The standard InChI is InChI=1S/C12H17NS/c1-9-4-3-5-12(10(9)2)13-11-6-7-14-8-11/h3-5,11,13H,6-8H2,1-2H3. The molecule has 0 radical (unpaired) electrons. The molecule has 1 atom stereocenters. The highest BCUT2D eigenvalue weighted by Crippen LogP contribution is 2.24. The Morgan fingerprint density at radius 3 is 2.93 bits per heavy atom. The van der Waals surface area contributed by atoms with Gasteiger partial charge in [0.15, 0.2) is 0 Å². The summed E-state index contributed by atoms with van der Waals surface area (Å²) in [6, 6.07) is 7.17. The molecule has 0 amide bonds. The molecule has 1 aromatic rings. The van der Waals surface area contributed by atoms with Crippen molar-refractivity contribution in [2.75, 3.05) is 16.8 Å². The van der Waals surface area contributed by atoms with Crippen LogP contribution in [-0.2, 0) is 0 Å². The van der Waals surface area contributed by atoms with E-state index in [1.165, 1.54) is 34.7 Å². The SMILES string of the molecule is Cc1cccc(NC2CCSC2)c1C. The lowest BCUT2D eigenvalue weighted by Gasteiger charge is -2.16. The summed E-state index contributed by atoms with van der Waals surface area (Å²) in [4.78, 5) is 0. The summed E-state index contributed by atoms with van der Waals surface area (Å²) in [6.45, 7) is 4.36.